The summed E-state index contributed by atoms with van der Waals surface area (Å²) >= 11 is 0. The molecule has 27 heavy (non-hydrogen) atoms. The largest absolute Gasteiger partial charge is 0.497 e. The maximum Gasteiger partial charge on any atom is 0.317 e. The highest BCUT2D eigenvalue weighted by molar-refractivity contribution is 5.93. The second-order valence-corrected chi connectivity index (χ2v) is 5.62. The number of amides is 1. The van der Waals surface area contributed by atoms with Crippen LogP contribution in [-0.4, -0.2) is 29.7 Å². The number of fused-ring (bicyclic) bond motifs is 1. The van der Waals surface area contributed by atoms with Gasteiger partial charge < -0.3 is 19.8 Å². The van der Waals surface area contributed by atoms with Crippen LogP contribution in [0.4, 0.5) is 10.1 Å². The van der Waals surface area contributed by atoms with Crippen LogP contribution < -0.4 is 25.9 Å². The van der Waals surface area contributed by atoms with E-state index < -0.39 is 29.4 Å². The van der Waals surface area contributed by atoms with E-state index in [0.717, 1.165) is 16.7 Å². The minimum atomic E-state index is -0.942. The Morgan fingerprint density at radius 2 is 1.93 bits per heavy atom. The average molecular weight is 373 g/mol. The third kappa shape index (κ3) is 3.66. The van der Waals surface area contributed by atoms with E-state index in [1.807, 2.05) is 0 Å². The zero-order chi connectivity index (χ0) is 19.6. The van der Waals surface area contributed by atoms with Crippen molar-refractivity contribution in [2.45, 2.75) is 6.54 Å². The number of halogens is 1. The standard InChI is InChI=1S/C18H16FN3O5/c1-26-11-4-5-12(15(8-11)27-2)20-16(23)9-22-14-6-3-10(19)7-13(14)21-17(24)18(22)25/h3-8H,9H2,1-2H3,(H,20,23)(H,21,24). The third-order valence-corrected chi connectivity index (χ3v) is 3.92. The van der Waals surface area contributed by atoms with Gasteiger partial charge in [0.1, 0.15) is 23.9 Å². The summed E-state index contributed by atoms with van der Waals surface area (Å²) in [4.78, 5) is 38.7. The smallest absolute Gasteiger partial charge is 0.317 e. The van der Waals surface area contributed by atoms with Gasteiger partial charge in [0.15, 0.2) is 0 Å². The molecule has 0 unspecified atom stereocenters. The number of rotatable bonds is 5. The molecule has 2 N–H and O–H groups in total. The Hall–Kier alpha value is -3.62. The maximum absolute atomic E-state index is 13.4. The fourth-order valence-electron chi connectivity index (χ4n) is 2.64. The summed E-state index contributed by atoms with van der Waals surface area (Å²) in [6.07, 6.45) is 0. The normalized spacial score (nSPS) is 10.6. The van der Waals surface area contributed by atoms with Gasteiger partial charge in [-0.15, -0.1) is 0 Å². The van der Waals surface area contributed by atoms with Gasteiger partial charge in [0.05, 0.1) is 30.9 Å². The fourth-order valence-corrected chi connectivity index (χ4v) is 2.64. The van der Waals surface area contributed by atoms with E-state index in [1.54, 1.807) is 18.2 Å². The summed E-state index contributed by atoms with van der Waals surface area (Å²) < 4.78 is 24.7. The first-order valence-electron chi connectivity index (χ1n) is 7.87. The van der Waals surface area contributed by atoms with Gasteiger partial charge in [-0.3, -0.25) is 19.0 Å². The van der Waals surface area contributed by atoms with Crippen LogP contribution >= 0.6 is 0 Å². The first-order valence-corrected chi connectivity index (χ1v) is 7.87. The SMILES string of the molecule is COc1ccc(NC(=O)Cn2c(=O)c(=O)[nH]c3cc(F)ccc32)c(OC)c1. The van der Waals surface area contributed by atoms with Crippen molar-refractivity contribution in [3.05, 3.63) is 62.9 Å². The van der Waals surface area contributed by atoms with Crippen LogP contribution in [-0.2, 0) is 11.3 Å². The highest BCUT2D eigenvalue weighted by Gasteiger charge is 2.14. The maximum atomic E-state index is 13.4. The molecular formula is C18H16FN3O5. The summed E-state index contributed by atoms with van der Waals surface area (Å²) in [6, 6.07) is 8.35. The number of nitrogens with one attached hydrogen (secondary N) is 2. The lowest BCUT2D eigenvalue weighted by Gasteiger charge is -2.13. The molecule has 140 valence electrons. The number of benzene rings is 2. The van der Waals surface area contributed by atoms with Crippen LogP contribution in [0.25, 0.3) is 11.0 Å². The number of ether oxygens (including phenoxy) is 2. The Morgan fingerprint density at radius 3 is 2.63 bits per heavy atom. The van der Waals surface area contributed by atoms with E-state index in [-0.39, 0.29) is 11.0 Å². The molecule has 0 radical (unpaired) electrons. The molecule has 3 aromatic rings. The molecule has 0 aliphatic heterocycles. The van der Waals surface area contributed by atoms with Crippen molar-refractivity contribution in [3.8, 4) is 11.5 Å². The van der Waals surface area contributed by atoms with Crippen molar-refractivity contribution >= 4 is 22.6 Å². The molecule has 9 heteroatoms. The number of carbonyl (C=O) groups is 1. The summed E-state index contributed by atoms with van der Waals surface area (Å²) in [7, 11) is 2.94. The fraction of sp³-hybridized carbons (Fsp3) is 0.167. The Kier molecular flexibility index (Phi) is 4.93. The number of anilines is 1. The lowest BCUT2D eigenvalue weighted by molar-refractivity contribution is -0.116. The molecule has 1 aromatic heterocycles. The van der Waals surface area contributed by atoms with Crippen molar-refractivity contribution in [2.24, 2.45) is 0 Å². The number of carbonyl (C=O) groups excluding carboxylic acids is 1. The second kappa shape index (κ2) is 7.32. The Bertz CT molecular complexity index is 1140. The summed E-state index contributed by atoms with van der Waals surface area (Å²) in [5, 5.41) is 2.62. The molecule has 1 heterocycles. The van der Waals surface area contributed by atoms with E-state index in [9.17, 15) is 18.8 Å². The number of aromatic amines is 1. The van der Waals surface area contributed by atoms with Crippen LogP contribution in [0.3, 0.4) is 0 Å². The first kappa shape index (κ1) is 18.2. The minimum Gasteiger partial charge on any atom is -0.497 e. The average Bonchev–Trinajstić information content (AvgIpc) is 2.65. The van der Waals surface area contributed by atoms with Crippen LogP contribution in [0.15, 0.2) is 46.0 Å². The van der Waals surface area contributed by atoms with Gasteiger partial charge in [0, 0.05) is 6.07 Å². The van der Waals surface area contributed by atoms with Crippen LogP contribution in [0.1, 0.15) is 0 Å². The van der Waals surface area contributed by atoms with Gasteiger partial charge in [-0.2, -0.15) is 0 Å². The molecule has 3 rings (SSSR count). The van der Waals surface area contributed by atoms with Gasteiger partial charge >= 0.3 is 11.1 Å². The molecule has 0 aliphatic carbocycles. The van der Waals surface area contributed by atoms with E-state index in [4.69, 9.17) is 9.47 Å². The molecule has 0 fully saturated rings. The Labute approximate surface area is 152 Å². The summed E-state index contributed by atoms with van der Waals surface area (Å²) in [5.41, 5.74) is -1.13. The second-order valence-electron chi connectivity index (χ2n) is 5.62. The molecule has 0 spiro atoms. The number of aromatic nitrogens is 2. The van der Waals surface area contributed by atoms with Crippen LogP contribution in [0.5, 0.6) is 11.5 Å². The molecule has 0 saturated carbocycles. The number of methoxy groups -OCH3 is 2. The van der Waals surface area contributed by atoms with Gasteiger partial charge in [0.2, 0.25) is 5.91 Å². The van der Waals surface area contributed by atoms with Crippen LogP contribution in [0, 0.1) is 5.82 Å². The first-order chi connectivity index (χ1) is 12.9. The molecule has 0 atom stereocenters. The van der Waals surface area contributed by atoms with E-state index in [0.29, 0.717) is 17.2 Å². The van der Waals surface area contributed by atoms with E-state index in [1.165, 1.54) is 20.3 Å². The predicted octanol–water partition coefficient (Wildman–Crippen LogP) is 1.48. The topological polar surface area (TPSA) is 102 Å². The lowest BCUT2D eigenvalue weighted by atomic mass is 10.2. The van der Waals surface area contributed by atoms with Gasteiger partial charge in [-0.05, 0) is 30.3 Å². The van der Waals surface area contributed by atoms with Crippen molar-refractivity contribution in [1.29, 1.82) is 0 Å². The van der Waals surface area contributed by atoms with Gasteiger partial charge in [-0.1, -0.05) is 0 Å². The number of H-pyrrole nitrogens is 1. The van der Waals surface area contributed by atoms with E-state index >= 15 is 0 Å². The molecule has 0 aliphatic rings. The highest BCUT2D eigenvalue weighted by atomic mass is 19.1. The van der Waals surface area contributed by atoms with Crippen molar-refractivity contribution in [3.63, 3.8) is 0 Å². The third-order valence-electron chi connectivity index (χ3n) is 3.92. The van der Waals surface area contributed by atoms with E-state index in [2.05, 4.69) is 10.3 Å². The zero-order valence-corrected chi connectivity index (χ0v) is 14.5. The zero-order valence-electron chi connectivity index (χ0n) is 14.5. The molecule has 2 aromatic carbocycles. The number of hydrogen-bond acceptors (Lipinski definition) is 5. The number of nitrogens with zero attached hydrogens (tertiary/aromatic N) is 1. The monoisotopic (exact) mass is 373 g/mol. The summed E-state index contributed by atoms with van der Waals surface area (Å²) in [6.45, 7) is -0.430. The lowest BCUT2D eigenvalue weighted by Crippen LogP contribution is -2.38. The Morgan fingerprint density at radius 1 is 1.15 bits per heavy atom. The van der Waals surface area contributed by atoms with Crippen LogP contribution in [0.2, 0.25) is 0 Å². The predicted molar refractivity (Wildman–Crippen MR) is 97.0 cm³/mol. The van der Waals surface area contributed by atoms with Crippen molar-refractivity contribution < 1.29 is 18.7 Å². The quantitative estimate of drug-likeness (QED) is 0.660. The molecule has 1 amide bonds. The Balaban J connectivity index is 1.94. The molecular weight excluding hydrogens is 357 g/mol. The molecule has 0 bridgehead atoms. The number of hydrogen-bond donors (Lipinski definition) is 2. The van der Waals surface area contributed by atoms with Crippen molar-refractivity contribution in [2.75, 3.05) is 19.5 Å². The molecule has 0 saturated heterocycles. The van der Waals surface area contributed by atoms with Gasteiger partial charge in [0.25, 0.3) is 0 Å². The highest BCUT2D eigenvalue weighted by Crippen LogP contribution is 2.29. The molecule has 8 nitrogen and oxygen atoms in total. The summed E-state index contributed by atoms with van der Waals surface area (Å²) in [5.74, 6) is -0.218. The minimum absolute atomic E-state index is 0.120. The van der Waals surface area contributed by atoms with Gasteiger partial charge in [-0.25, -0.2) is 4.39 Å². The van der Waals surface area contributed by atoms with Crippen molar-refractivity contribution in [1.82, 2.24) is 9.55 Å².